The number of fused-ring (bicyclic) bond motifs is 1. The molecule has 108 valence electrons. The Bertz CT molecular complexity index is 353. The Balaban J connectivity index is 1.85. The van der Waals surface area contributed by atoms with Crippen molar-refractivity contribution in [1.29, 1.82) is 0 Å². The first-order valence-corrected chi connectivity index (χ1v) is 7.34. The highest BCUT2D eigenvalue weighted by Crippen LogP contribution is 2.43. The Kier molecular flexibility index (Phi) is 4.83. The summed E-state index contributed by atoms with van der Waals surface area (Å²) in [6, 6.07) is 0. The Hall–Kier alpha value is -1.06. The number of alkyl halides is 1. The van der Waals surface area contributed by atoms with E-state index in [1.807, 2.05) is 6.92 Å². The smallest absolute Gasteiger partial charge is 0.306 e. The number of unbranched alkanes of at least 4 members (excludes halogenated alkanes) is 1. The maximum absolute atomic E-state index is 13.5. The first-order valence-electron chi connectivity index (χ1n) is 7.34. The fraction of sp³-hybridized carbons (Fsp3) is 0.800. The van der Waals surface area contributed by atoms with Gasteiger partial charge in [0.25, 0.3) is 0 Å². The van der Waals surface area contributed by atoms with E-state index < -0.39 is 6.17 Å². The highest BCUT2D eigenvalue weighted by molar-refractivity contribution is 5.72. The molecule has 2 aliphatic rings. The quantitative estimate of drug-likeness (QED) is 0.591. The molecule has 2 fully saturated rings. The van der Waals surface area contributed by atoms with Gasteiger partial charge >= 0.3 is 5.97 Å². The van der Waals surface area contributed by atoms with E-state index in [1.165, 1.54) is 0 Å². The van der Waals surface area contributed by atoms with Crippen LogP contribution in [0.2, 0.25) is 0 Å². The number of hydrogen-bond acceptors (Lipinski definition) is 3. The van der Waals surface area contributed by atoms with Gasteiger partial charge in [-0.25, -0.2) is 4.39 Å². The van der Waals surface area contributed by atoms with E-state index >= 15 is 0 Å². The van der Waals surface area contributed by atoms with Crippen molar-refractivity contribution in [3.05, 3.63) is 11.8 Å². The number of carbonyl (C=O) groups is 1. The summed E-state index contributed by atoms with van der Waals surface area (Å²) >= 11 is 0. The van der Waals surface area contributed by atoms with Crippen LogP contribution in [-0.2, 0) is 9.53 Å². The molecule has 0 bridgehead atoms. The molecule has 4 atom stereocenters. The maximum Gasteiger partial charge on any atom is 0.306 e. The molecule has 1 unspecified atom stereocenters. The van der Waals surface area contributed by atoms with Gasteiger partial charge in [0.15, 0.2) is 0 Å². The van der Waals surface area contributed by atoms with Crippen LogP contribution in [0.4, 0.5) is 4.39 Å². The normalized spacial score (nSPS) is 32.2. The number of hydrogen-bond donors (Lipinski definition) is 1. The van der Waals surface area contributed by atoms with Crippen molar-refractivity contribution in [3.63, 3.8) is 0 Å². The van der Waals surface area contributed by atoms with Crippen molar-refractivity contribution < 1.29 is 19.0 Å². The van der Waals surface area contributed by atoms with E-state index in [0.29, 0.717) is 12.8 Å². The molecule has 0 aromatic carbocycles. The van der Waals surface area contributed by atoms with E-state index in [1.54, 1.807) is 6.08 Å². The summed E-state index contributed by atoms with van der Waals surface area (Å²) in [4.78, 5) is 11.2. The van der Waals surface area contributed by atoms with Crippen molar-refractivity contribution in [2.45, 2.75) is 64.1 Å². The van der Waals surface area contributed by atoms with Gasteiger partial charge in [0.2, 0.25) is 0 Å². The molecule has 19 heavy (non-hydrogen) atoms. The molecule has 2 rings (SSSR count). The number of ether oxygens (including phenoxy) is 1. The average molecular weight is 270 g/mol. The summed E-state index contributed by atoms with van der Waals surface area (Å²) in [6.07, 6.45) is 5.43. The molecule has 0 amide bonds. The zero-order valence-electron chi connectivity index (χ0n) is 11.5. The van der Waals surface area contributed by atoms with Gasteiger partial charge in [-0.1, -0.05) is 19.8 Å². The number of aliphatic hydroxyl groups excluding tert-OH is 1. The summed E-state index contributed by atoms with van der Waals surface area (Å²) in [6.45, 7) is 2.04. The molecule has 1 aliphatic heterocycles. The Labute approximate surface area is 113 Å². The van der Waals surface area contributed by atoms with Gasteiger partial charge in [0.05, 0.1) is 12.2 Å². The third-order valence-corrected chi connectivity index (χ3v) is 4.28. The van der Waals surface area contributed by atoms with Gasteiger partial charge in [-0.2, -0.15) is 0 Å². The monoisotopic (exact) mass is 270 g/mol. The minimum absolute atomic E-state index is 0.0187. The first kappa shape index (κ1) is 14.4. The van der Waals surface area contributed by atoms with Crippen molar-refractivity contribution in [3.8, 4) is 0 Å². The second kappa shape index (κ2) is 6.40. The molecule has 3 nitrogen and oxygen atoms in total. The van der Waals surface area contributed by atoms with Crippen molar-refractivity contribution in [2.75, 3.05) is 0 Å². The van der Waals surface area contributed by atoms with Gasteiger partial charge in [-0.15, -0.1) is 0 Å². The number of allylic oxidation sites excluding steroid dienone is 2. The highest BCUT2D eigenvalue weighted by atomic mass is 19.1. The molecule has 0 aromatic heterocycles. The molecular formula is C15H23FO3. The van der Waals surface area contributed by atoms with Crippen molar-refractivity contribution in [2.24, 2.45) is 11.8 Å². The van der Waals surface area contributed by atoms with Gasteiger partial charge in [-0.3, -0.25) is 4.79 Å². The number of halogens is 1. The molecule has 0 aromatic rings. The number of aliphatic hydroxyl groups is 1. The SMILES string of the molecule is CCCCC(F)CC=C(O)[C@H]1CC[C@H]2OC(=O)C[C@H]12. The number of carbonyl (C=O) groups excluding carboxylic acids is 1. The van der Waals surface area contributed by atoms with E-state index in [4.69, 9.17) is 4.74 Å². The van der Waals surface area contributed by atoms with Gasteiger partial charge < -0.3 is 9.84 Å². The van der Waals surface area contributed by atoms with E-state index in [0.717, 1.165) is 25.7 Å². The predicted octanol–water partition coefficient (Wildman–Crippen LogP) is 3.69. The van der Waals surface area contributed by atoms with Crippen LogP contribution in [0.5, 0.6) is 0 Å². The van der Waals surface area contributed by atoms with Crippen molar-refractivity contribution in [1.82, 2.24) is 0 Å². The molecule has 1 saturated carbocycles. The van der Waals surface area contributed by atoms with Crippen LogP contribution in [0, 0.1) is 11.8 Å². The molecule has 0 radical (unpaired) electrons. The minimum Gasteiger partial charge on any atom is -0.512 e. The van der Waals surface area contributed by atoms with E-state index in [-0.39, 0.29) is 36.1 Å². The van der Waals surface area contributed by atoms with Crippen LogP contribution >= 0.6 is 0 Å². The third kappa shape index (κ3) is 3.48. The van der Waals surface area contributed by atoms with Gasteiger partial charge in [0, 0.05) is 18.3 Å². The van der Waals surface area contributed by atoms with E-state index in [2.05, 4.69) is 0 Å². The number of rotatable bonds is 6. The molecular weight excluding hydrogens is 247 g/mol. The fourth-order valence-electron chi connectivity index (χ4n) is 3.17. The first-order chi connectivity index (χ1) is 9.11. The largest absolute Gasteiger partial charge is 0.512 e. The molecule has 1 aliphatic carbocycles. The third-order valence-electron chi connectivity index (χ3n) is 4.28. The molecule has 1 saturated heterocycles. The summed E-state index contributed by atoms with van der Waals surface area (Å²) in [7, 11) is 0. The van der Waals surface area contributed by atoms with Crippen LogP contribution in [0.25, 0.3) is 0 Å². The average Bonchev–Trinajstić information content (AvgIpc) is 2.92. The summed E-state index contributed by atoms with van der Waals surface area (Å²) in [5.74, 6) is 0.163. The Morgan fingerprint density at radius 2 is 2.37 bits per heavy atom. The van der Waals surface area contributed by atoms with Crippen LogP contribution in [0.3, 0.4) is 0 Å². The van der Waals surface area contributed by atoms with Crippen LogP contribution in [0.1, 0.15) is 51.9 Å². The predicted molar refractivity (Wildman–Crippen MR) is 70.5 cm³/mol. The van der Waals surface area contributed by atoms with Gasteiger partial charge in [0.1, 0.15) is 12.3 Å². The fourth-order valence-corrected chi connectivity index (χ4v) is 3.17. The topological polar surface area (TPSA) is 46.5 Å². The Morgan fingerprint density at radius 3 is 3.11 bits per heavy atom. The summed E-state index contributed by atoms with van der Waals surface area (Å²) in [5, 5.41) is 10.1. The zero-order valence-corrected chi connectivity index (χ0v) is 11.5. The second-order valence-corrected chi connectivity index (χ2v) is 5.68. The molecule has 4 heteroatoms. The van der Waals surface area contributed by atoms with Crippen LogP contribution in [-0.4, -0.2) is 23.4 Å². The van der Waals surface area contributed by atoms with Gasteiger partial charge in [-0.05, 0) is 25.3 Å². The van der Waals surface area contributed by atoms with Crippen LogP contribution < -0.4 is 0 Å². The second-order valence-electron chi connectivity index (χ2n) is 5.68. The number of esters is 1. The van der Waals surface area contributed by atoms with Crippen LogP contribution in [0.15, 0.2) is 11.8 Å². The Morgan fingerprint density at radius 1 is 1.58 bits per heavy atom. The molecule has 0 spiro atoms. The molecule has 1 N–H and O–H groups in total. The lowest BCUT2D eigenvalue weighted by molar-refractivity contribution is -0.141. The molecule has 1 heterocycles. The summed E-state index contributed by atoms with van der Waals surface area (Å²) < 4.78 is 18.7. The van der Waals surface area contributed by atoms with E-state index in [9.17, 15) is 14.3 Å². The lowest BCUT2D eigenvalue weighted by Gasteiger charge is -2.15. The summed E-state index contributed by atoms with van der Waals surface area (Å²) in [5.41, 5.74) is 0. The zero-order chi connectivity index (χ0) is 13.8. The lowest BCUT2D eigenvalue weighted by atomic mass is 9.91. The van der Waals surface area contributed by atoms with Crippen molar-refractivity contribution >= 4 is 5.97 Å². The maximum atomic E-state index is 13.5. The standard InChI is InChI=1S/C15H23FO3/c1-2-3-4-10(16)5-7-13(17)11-6-8-14-12(11)9-15(18)19-14/h7,10-12,14,17H,2-6,8-9H2,1H3/t10?,11-,12+,14+/m0/s1. The highest BCUT2D eigenvalue weighted by Gasteiger charge is 2.46. The lowest BCUT2D eigenvalue weighted by Crippen LogP contribution is -2.15. The minimum atomic E-state index is -0.874.